The van der Waals surface area contributed by atoms with Gasteiger partial charge >= 0.3 is 5.97 Å². The lowest BCUT2D eigenvalue weighted by atomic mass is 10.0. The maximum atomic E-state index is 11.2. The molecule has 0 atom stereocenters. The zero-order valence-corrected chi connectivity index (χ0v) is 12.1. The highest BCUT2D eigenvalue weighted by atomic mass is 32.1. The monoisotopic (exact) mass is 290 g/mol. The fourth-order valence-corrected chi connectivity index (χ4v) is 3.55. The molecule has 0 spiro atoms. The summed E-state index contributed by atoms with van der Waals surface area (Å²) in [6.07, 6.45) is 3.92. The summed E-state index contributed by atoms with van der Waals surface area (Å²) < 4.78 is 1.92. The molecular formula is C15H18N2O2S. The molecule has 2 aromatic rings. The summed E-state index contributed by atoms with van der Waals surface area (Å²) in [7, 11) is 0. The lowest BCUT2D eigenvalue weighted by Gasteiger charge is -2.33. The first-order valence-corrected chi connectivity index (χ1v) is 7.82. The van der Waals surface area contributed by atoms with Crippen molar-refractivity contribution in [1.82, 2.24) is 9.47 Å². The largest absolute Gasteiger partial charge is 0.477 e. The zero-order valence-electron chi connectivity index (χ0n) is 11.2. The smallest absolute Gasteiger partial charge is 0.352 e. The van der Waals surface area contributed by atoms with E-state index >= 15 is 0 Å². The molecule has 20 heavy (non-hydrogen) atoms. The molecule has 0 radical (unpaired) electrons. The van der Waals surface area contributed by atoms with Gasteiger partial charge in [-0.05, 0) is 47.4 Å². The van der Waals surface area contributed by atoms with Crippen LogP contribution in [0.1, 0.15) is 34.9 Å². The van der Waals surface area contributed by atoms with Crippen molar-refractivity contribution in [3.05, 3.63) is 46.4 Å². The van der Waals surface area contributed by atoms with Gasteiger partial charge < -0.3 is 9.67 Å². The van der Waals surface area contributed by atoms with Crippen LogP contribution in [0.3, 0.4) is 0 Å². The highest BCUT2D eigenvalue weighted by molar-refractivity contribution is 7.07. The predicted molar refractivity (Wildman–Crippen MR) is 79.3 cm³/mol. The van der Waals surface area contributed by atoms with Crippen molar-refractivity contribution in [1.29, 1.82) is 0 Å². The van der Waals surface area contributed by atoms with E-state index in [4.69, 9.17) is 0 Å². The Kier molecular flexibility index (Phi) is 3.89. The minimum absolute atomic E-state index is 0.315. The molecule has 1 saturated heterocycles. The van der Waals surface area contributed by atoms with E-state index in [-0.39, 0.29) is 0 Å². The number of carboxylic acid groups (broad SMARTS) is 1. The van der Waals surface area contributed by atoms with Crippen molar-refractivity contribution in [3.63, 3.8) is 0 Å². The number of hydrogen-bond acceptors (Lipinski definition) is 3. The van der Waals surface area contributed by atoms with Gasteiger partial charge in [-0.25, -0.2) is 4.79 Å². The van der Waals surface area contributed by atoms with E-state index in [1.807, 2.05) is 16.8 Å². The molecule has 1 aliphatic heterocycles. The first-order chi connectivity index (χ1) is 9.74. The minimum atomic E-state index is -0.837. The molecule has 0 saturated carbocycles. The summed E-state index contributed by atoms with van der Waals surface area (Å²) in [6.45, 7) is 3.06. The maximum Gasteiger partial charge on any atom is 0.352 e. The van der Waals surface area contributed by atoms with Crippen LogP contribution >= 0.6 is 11.3 Å². The number of carbonyl (C=O) groups is 1. The quantitative estimate of drug-likeness (QED) is 0.941. The van der Waals surface area contributed by atoms with Crippen LogP contribution in [0.25, 0.3) is 0 Å². The van der Waals surface area contributed by atoms with Gasteiger partial charge in [-0.2, -0.15) is 11.3 Å². The number of aromatic carboxylic acids is 1. The van der Waals surface area contributed by atoms with E-state index in [9.17, 15) is 9.90 Å². The first kappa shape index (κ1) is 13.4. The number of aromatic nitrogens is 1. The zero-order chi connectivity index (χ0) is 13.9. The lowest BCUT2D eigenvalue weighted by Crippen LogP contribution is -2.34. The number of nitrogens with zero attached hydrogens (tertiary/aromatic N) is 2. The third-order valence-electron chi connectivity index (χ3n) is 3.93. The number of piperidine rings is 1. The number of rotatable bonds is 4. The summed E-state index contributed by atoms with van der Waals surface area (Å²) in [4.78, 5) is 13.6. The third kappa shape index (κ3) is 2.78. The third-order valence-corrected chi connectivity index (χ3v) is 4.67. The summed E-state index contributed by atoms with van der Waals surface area (Å²) in [5.41, 5.74) is 1.78. The summed E-state index contributed by atoms with van der Waals surface area (Å²) >= 11 is 1.74. The van der Waals surface area contributed by atoms with Gasteiger partial charge in [-0.15, -0.1) is 0 Å². The molecule has 1 aliphatic rings. The Hall–Kier alpha value is -1.59. The van der Waals surface area contributed by atoms with Crippen LogP contribution < -0.4 is 0 Å². The molecule has 0 unspecified atom stereocenters. The van der Waals surface area contributed by atoms with Gasteiger partial charge in [0.25, 0.3) is 0 Å². The average Bonchev–Trinajstić information content (AvgIpc) is 3.10. The molecule has 5 heteroatoms. The fraction of sp³-hybridized carbons (Fsp3) is 0.400. The van der Waals surface area contributed by atoms with E-state index < -0.39 is 5.97 Å². The predicted octanol–water partition coefficient (Wildman–Crippen LogP) is 3.08. The molecule has 2 aromatic heterocycles. The standard InChI is InChI=1S/C15H18N2O2S/c18-15(19)14-2-1-6-17(14)13-3-7-16(8-4-13)10-12-5-9-20-11-12/h1-2,5-6,9,11,13H,3-4,7-8,10H2,(H,18,19). The van der Waals surface area contributed by atoms with Gasteiger partial charge in [0.05, 0.1) is 0 Å². The number of likely N-dealkylation sites (tertiary alicyclic amines) is 1. The molecule has 3 rings (SSSR count). The molecule has 106 valence electrons. The Bertz CT molecular complexity index is 568. The van der Waals surface area contributed by atoms with Gasteiger partial charge in [0.1, 0.15) is 5.69 Å². The van der Waals surface area contributed by atoms with Crippen LogP contribution in [-0.2, 0) is 6.54 Å². The van der Waals surface area contributed by atoms with Crippen molar-refractivity contribution in [2.75, 3.05) is 13.1 Å². The second kappa shape index (κ2) is 5.81. The van der Waals surface area contributed by atoms with Crippen molar-refractivity contribution in [2.24, 2.45) is 0 Å². The normalized spacial score (nSPS) is 17.4. The first-order valence-electron chi connectivity index (χ1n) is 6.87. The molecule has 1 N–H and O–H groups in total. The highest BCUT2D eigenvalue weighted by Crippen LogP contribution is 2.25. The van der Waals surface area contributed by atoms with Crippen molar-refractivity contribution in [2.45, 2.75) is 25.4 Å². The second-order valence-corrected chi connectivity index (χ2v) is 6.02. The van der Waals surface area contributed by atoms with E-state index in [0.717, 1.165) is 32.5 Å². The number of hydrogen-bond donors (Lipinski definition) is 1. The highest BCUT2D eigenvalue weighted by Gasteiger charge is 2.23. The molecule has 0 bridgehead atoms. The SMILES string of the molecule is O=C(O)c1cccn1C1CCN(Cc2ccsc2)CC1. The van der Waals surface area contributed by atoms with Crippen molar-refractivity contribution in [3.8, 4) is 0 Å². The van der Waals surface area contributed by atoms with E-state index in [1.54, 1.807) is 17.4 Å². The Balaban J connectivity index is 1.61. The van der Waals surface area contributed by atoms with Gasteiger partial charge in [0, 0.05) is 31.9 Å². The number of carboxylic acids is 1. The maximum absolute atomic E-state index is 11.2. The van der Waals surface area contributed by atoms with Crippen molar-refractivity contribution >= 4 is 17.3 Å². The summed E-state index contributed by atoms with van der Waals surface area (Å²) in [6, 6.07) is 5.99. The molecule has 0 aromatic carbocycles. The van der Waals surface area contributed by atoms with Gasteiger partial charge in [-0.3, -0.25) is 4.90 Å². The topological polar surface area (TPSA) is 45.5 Å². The van der Waals surface area contributed by atoms with Crippen molar-refractivity contribution < 1.29 is 9.90 Å². The van der Waals surface area contributed by atoms with E-state index in [2.05, 4.69) is 21.7 Å². The van der Waals surface area contributed by atoms with E-state index in [1.165, 1.54) is 5.56 Å². The van der Waals surface area contributed by atoms with Crippen LogP contribution in [0.4, 0.5) is 0 Å². The van der Waals surface area contributed by atoms with Gasteiger partial charge in [0.2, 0.25) is 0 Å². The summed E-state index contributed by atoms with van der Waals surface area (Å²) in [5.74, 6) is -0.837. The molecule has 3 heterocycles. The Morgan fingerprint density at radius 3 is 2.80 bits per heavy atom. The Labute approximate surface area is 122 Å². The van der Waals surface area contributed by atoms with Crippen LogP contribution in [0.5, 0.6) is 0 Å². The van der Waals surface area contributed by atoms with E-state index in [0.29, 0.717) is 11.7 Å². The van der Waals surface area contributed by atoms with Gasteiger partial charge in [0.15, 0.2) is 0 Å². The Morgan fingerprint density at radius 1 is 1.35 bits per heavy atom. The van der Waals surface area contributed by atoms with Crippen LogP contribution in [0, 0.1) is 0 Å². The number of thiophene rings is 1. The fourth-order valence-electron chi connectivity index (χ4n) is 2.89. The van der Waals surface area contributed by atoms with Gasteiger partial charge in [-0.1, -0.05) is 0 Å². The lowest BCUT2D eigenvalue weighted by molar-refractivity contribution is 0.0678. The minimum Gasteiger partial charge on any atom is -0.477 e. The van der Waals surface area contributed by atoms with Crippen LogP contribution in [-0.4, -0.2) is 33.6 Å². The molecule has 0 amide bonds. The Morgan fingerprint density at radius 2 is 2.15 bits per heavy atom. The van der Waals surface area contributed by atoms with Crippen LogP contribution in [0.15, 0.2) is 35.2 Å². The molecule has 0 aliphatic carbocycles. The average molecular weight is 290 g/mol. The summed E-state index contributed by atoms with van der Waals surface area (Å²) in [5, 5.41) is 13.5. The molecule has 4 nitrogen and oxygen atoms in total. The van der Waals surface area contributed by atoms with Crippen LogP contribution in [0.2, 0.25) is 0 Å². The molecular weight excluding hydrogens is 272 g/mol. The second-order valence-electron chi connectivity index (χ2n) is 5.24. The molecule has 1 fully saturated rings.